The highest BCUT2D eigenvalue weighted by Crippen LogP contribution is 2.01. The van der Waals surface area contributed by atoms with Gasteiger partial charge in [0, 0.05) is 13.1 Å². The van der Waals surface area contributed by atoms with Gasteiger partial charge in [-0.15, -0.1) is 13.2 Å². The Morgan fingerprint density at radius 2 is 1.78 bits per heavy atom. The summed E-state index contributed by atoms with van der Waals surface area (Å²) in [7, 11) is 0. The van der Waals surface area contributed by atoms with E-state index in [2.05, 4.69) is 18.5 Å². The second-order valence-corrected chi connectivity index (χ2v) is 4.32. The van der Waals surface area contributed by atoms with E-state index in [1.54, 1.807) is 30.9 Å². The fraction of sp³-hybridized carbons (Fsp3) is 0.538. The predicted octanol–water partition coefficient (Wildman–Crippen LogP) is 0.886. The minimum Gasteiger partial charge on any atom is -0.480 e. The molecule has 0 aliphatic rings. The first-order valence-electron chi connectivity index (χ1n) is 5.89. The third-order valence-corrected chi connectivity index (χ3v) is 2.46. The lowest BCUT2D eigenvalue weighted by Crippen LogP contribution is -2.47. The van der Waals surface area contributed by atoms with E-state index in [0.717, 1.165) is 0 Å². The lowest BCUT2D eigenvalue weighted by atomic mass is 10.1. The normalized spacial score (nSPS) is 11.9. The molecule has 0 aromatic rings. The molecule has 5 nitrogen and oxygen atoms in total. The van der Waals surface area contributed by atoms with Crippen molar-refractivity contribution in [1.82, 2.24) is 10.2 Å². The molecule has 5 heteroatoms. The molecular formula is C13H22N2O3. The standard InChI is InChI=1S/C13H22N2O3/c1-5-7-15(8-6-2)11(16)9-14-12(10(3)4)13(17)18/h5-6,10,12,14H,1-2,7-9H2,3-4H3,(H,17,18). The highest BCUT2D eigenvalue weighted by molar-refractivity contribution is 5.80. The Morgan fingerprint density at radius 3 is 2.11 bits per heavy atom. The van der Waals surface area contributed by atoms with E-state index in [1.807, 2.05) is 0 Å². The largest absolute Gasteiger partial charge is 0.480 e. The van der Waals surface area contributed by atoms with E-state index in [-0.39, 0.29) is 18.4 Å². The number of hydrogen-bond donors (Lipinski definition) is 2. The summed E-state index contributed by atoms with van der Waals surface area (Å²) in [5.41, 5.74) is 0. The van der Waals surface area contributed by atoms with Gasteiger partial charge in [0.1, 0.15) is 6.04 Å². The van der Waals surface area contributed by atoms with Crippen LogP contribution in [0, 0.1) is 5.92 Å². The average molecular weight is 254 g/mol. The van der Waals surface area contributed by atoms with Gasteiger partial charge in [-0.25, -0.2) is 0 Å². The van der Waals surface area contributed by atoms with E-state index in [0.29, 0.717) is 13.1 Å². The quantitative estimate of drug-likeness (QED) is 0.599. The van der Waals surface area contributed by atoms with Gasteiger partial charge >= 0.3 is 5.97 Å². The van der Waals surface area contributed by atoms with Crippen LogP contribution in [0.5, 0.6) is 0 Å². The molecule has 2 N–H and O–H groups in total. The van der Waals surface area contributed by atoms with E-state index in [1.165, 1.54) is 0 Å². The van der Waals surface area contributed by atoms with Gasteiger partial charge in [0.25, 0.3) is 0 Å². The first kappa shape index (κ1) is 16.4. The van der Waals surface area contributed by atoms with Crippen molar-refractivity contribution < 1.29 is 14.7 Å². The zero-order chi connectivity index (χ0) is 14.1. The van der Waals surface area contributed by atoms with Crippen molar-refractivity contribution in [3.63, 3.8) is 0 Å². The first-order chi connectivity index (χ1) is 8.43. The molecule has 1 amide bonds. The van der Waals surface area contributed by atoms with E-state index < -0.39 is 12.0 Å². The summed E-state index contributed by atoms with van der Waals surface area (Å²) < 4.78 is 0. The lowest BCUT2D eigenvalue weighted by molar-refractivity contribution is -0.140. The van der Waals surface area contributed by atoms with Crippen LogP contribution in [0.25, 0.3) is 0 Å². The van der Waals surface area contributed by atoms with Crippen LogP contribution in [0.15, 0.2) is 25.3 Å². The van der Waals surface area contributed by atoms with Gasteiger partial charge in [0.05, 0.1) is 6.54 Å². The van der Waals surface area contributed by atoms with Crippen molar-refractivity contribution in [2.45, 2.75) is 19.9 Å². The van der Waals surface area contributed by atoms with Gasteiger partial charge in [0.2, 0.25) is 5.91 Å². The van der Waals surface area contributed by atoms with E-state index >= 15 is 0 Å². The van der Waals surface area contributed by atoms with Crippen LogP contribution in [0.1, 0.15) is 13.8 Å². The highest BCUT2D eigenvalue weighted by Gasteiger charge is 2.22. The molecule has 0 radical (unpaired) electrons. The molecular weight excluding hydrogens is 232 g/mol. The summed E-state index contributed by atoms with van der Waals surface area (Å²) in [6.45, 7) is 11.6. The summed E-state index contributed by atoms with van der Waals surface area (Å²) >= 11 is 0. The molecule has 0 bridgehead atoms. The maximum Gasteiger partial charge on any atom is 0.320 e. The summed E-state index contributed by atoms with van der Waals surface area (Å²) in [4.78, 5) is 24.4. The van der Waals surface area contributed by atoms with Crippen LogP contribution in [-0.2, 0) is 9.59 Å². The number of carboxylic acids is 1. The van der Waals surface area contributed by atoms with Gasteiger partial charge in [-0.3, -0.25) is 14.9 Å². The number of nitrogens with one attached hydrogen (secondary N) is 1. The molecule has 102 valence electrons. The molecule has 0 heterocycles. The molecule has 0 aromatic heterocycles. The number of aliphatic carboxylic acids is 1. The molecule has 18 heavy (non-hydrogen) atoms. The molecule has 1 unspecified atom stereocenters. The smallest absolute Gasteiger partial charge is 0.320 e. The van der Waals surface area contributed by atoms with Gasteiger partial charge in [0.15, 0.2) is 0 Å². The number of rotatable bonds is 9. The molecule has 0 aliphatic carbocycles. The molecule has 1 atom stereocenters. The summed E-state index contributed by atoms with van der Waals surface area (Å²) in [6, 6.07) is -0.719. The first-order valence-corrected chi connectivity index (χ1v) is 5.89. The number of amides is 1. The molecule has 0 fully saturated rings. The van der Waals surface area contributed by atoms with Crippen molar-refractivity contribution in [3.05, 3.63) is 25.3 Å². The maximum absolute atomic E-state index is 11.8. The minimum absolute atomic E-state index is 0.00315. The third-order valence-electron chi connectivity index (χ3n) is 2.46. The number of carbonyl (C=O) groups excluding carboxylic acids is 1. The van der Waals surface area contributed by atoms with Crippen molar-refractivity contribution in [2.75, 3.05) is 19.6 Å². The zero-order valence-electron chi connectivity index (χ0n) is 11.1. The fourth-order valence-corrected chi connectivity index (χ4v) is 1.51. The van der Waals surface area contributed by atoms with Gasteiger partial charge < -0.3 is 10.0 Å². The van der Waals surface area contributed by atoms with Crippen molar-refractivity contribution >= 4 is 11.9 Å². The Labute approximate surface area is 108 Å². The predicted molar refractivity (Wildman–Crippen MR) is 71.2 cm³/mol. The Bertz CT molecular complexity index is 303. The Balaban J connectivity index is 4.39. The van der Waals surface area contributed by atoms with Gasteiger partial charge in [-0.2, -0.15) is 0 Å². The number of carbonyl (C=O) groups is 2. The van der Waals surface area contributed by atoms with E-state index in [4.69, 9.17) is 5.11 Å². The lowest BCUT2D eigenvalue weighted by Gasteiger charge is -2.22. The minimum atomic E-state index is -0.947. The Morgan fingerprint density at radius 1 is 1.28 bits per heavy atom. The average Bonchev–Trinajstić information content (AvgIpc) is 2.27. The second-order valence-electron chi connectivity index (χ2n) is 4.32. The van der Waals surface area contributed by atoms with Crippen LogP contribution in [-0.4, -0.2) is 47.6 Å². The molecule has 0 aromatic carbocycles. The van der Waals surface area contributed by atoms with Crippen molar-refractivity contribution in [1.29, 1.82) is 0 Å². The number of nitrogens with zero attached hydrogens (tertiary/aromatic N) is 1. The van der Waals surface area contributed by atoms with Gasteiger partial charge in [-0.1, -0.05) is 26.0 Å². The van der Waals surface area contributed by atoms with Crippen LogP contribution < -0.4 is 5.32 Å². The fourth-order valence-electron chi connectivity index (χ4n) is 1.51. The Hall–Kier alpha value is -1.62. The zero-order valence-corrected chi connectivity index (χ0v) is 11.1. The van der Waals surface area contributed by atoms with Gasteiger partial charge in [-0.05, 0) is 5.92 Å². The number of carboxylic acid groups (broad SMARTS) is 1. The maximum atomic E-state index is 11.8. The van der Waals surface area contributed by atoms with Crippen LogP contribution in [0.3, 0.4) is 0 Å². The topological polar surface area (TPSA) is 69.6 Å². The molecule has 0 saturated carbocycles. The summed E-state index contributed by atoms with van der Waals surface area (Å²) in [5.74, 6) is -1.19. The van der Waals surface area contributed by atoms with Crippen LogP contribution in [0.2, 0.25) is 0 Å². The monoisotopic (exact) mass is 254 g/mol. The van der Waals surface area contributed by atoms with Crippen molar-refractivity contribution in [3.8, 4) is 0 Å². The molecule has 0 rings (SSSR count). The Kier molecular flexibility index (Phi) is 7.71. The summed E-state index contributed by atoms with van der Waals surface area (Å²) in [5, 5.41) is 11.7. The third kappa shape index (κ3) is 5.63. The SMILES string of the molecule is C=CCN(CC=C)C(=O)CNC(C(=O)O)C(C)C. The molecule has 0 aliphatic heterocycles. The highest BCUT2D eigenvalue weighted by atomic mass is 16.4. The molecule has 0 saturated heterocycles. The second kappa shape index (κ2) is 8.47. The van der Waals surface area contributed by atoms with E-state index in [9.17, 15) is 9.59 Å². The summed E-state index contributed by atoms with van der Waals surface area (Å²) in [6.07, 6.45) is 3.25. The van der Waals surface area contributed by atoms with Crippen LogP contribution >= 0.6 is 0 Å². The van der Waals surface area contributed by atoms with Crippen LogP contribution in [0.4, 0.5) is 0 Å². The van der Waals surface area contributed by atoms with Crippen molar-refractivity contribution in [2.24, 2.45) is 5.92 Å². The number of hydrogen-bond acceptors (Lipinski definition) is 3. The molecule has 0 spiro atoms.